The number of carbonyl (C=O) groups excluding carboxylic acids is 2. The van der Waals surface area contributed by atoms with Crippen LogP contribution in [0.3, 0.4) is 0 Å². The average molecular weight is 457 g/mol. The Bertz CT molecular complexity index is 1270. The second-order valence-corrected chi connectivity index (χ2v) is 8.68. The highest BCUT2D eigenvalue weighted by molar-refractivity contribution is 6.06. The van der Waals surface area contributed by atoms with Gasteiger partial charge >= 0.3 is 0 Å². The Kier molecular flexibility index (Phi) is 5.71. The molecule has 0 bridgehead atoms. The normalized spacial score (nSPS) is 14.8. The monoisotopic (exact) mass is 456 g/mol. The van der Waals surface area contributed by atoms with Gasteiger partial charge in [-0.05, 0) is 60.7 Å². The minimum atomic E-state index is -0.510. The number of hydrogen-bond acceptors (Lipinski definition) is 5. The molecule has 0 spiro atoms. The van der Waals surface area contributed by atoms with Gasteiger partial charge in [-0.15, -0.1) is 0 Å². The topological polar surface area (TPSA) is 105 Å². The zero-order valence-corrected chi connectivity index (χ0v) is 18.5. The van der Waals surface area contributed by atoms with Gasteiger partial charge in [0.15, 0.2) is 0 Å². The van der Waals surface area contributed by atoms with E-state index in [1.807, 2.05) is 18.2 Å². The third kappa shape index (κ3) is 4.61. The number of carbonyl (C=O) groups is 2. The molecule has 1 fully saturated rings. The van der Waals surface area contributed by atoms with E-state index >= 15 is 0 Å². The summed E-state index contributed by atoms with van der Waals surface area (Å²) in [5.74, 6) is -0.550. The Morgan fingerprint density at radius 1 is 0.941 bits per heavy atom. The van der Waals surface area contributed by atoms with Gasteiger partial charge in [0.1, 0.15) is 0 Å². The smallest absolute Gasteiger partial charge is 0.269 e. The molecule has 0 unspecified atom stereocenters. The molecule has 5 rings (SSSR count). The Morgan fingerprint density at radius 3 is 2.38 bits per heavy atom. The van der Waals surface area contributed by atoms with Crippen molar-refractivity contribution in [3.05, 3.63) is 99.1 Å². The molecular weight excluding hydrogens is 432 g/mol. The third-order valence-corrected chi connectivity index (χ3v) is 6.22. The first-order valence-electron chi connectivity index (χ1n) is 11.3. The lowest BCUT2D eigenvalue weighted by molar-refractivity contribution is -0.384. The van der Waals surface area contributed by atoms with Gasteiger partial charge in [0, 0.05) is 48.2 Å². The maximum absolute atomic E-state index is 13.1. The number of rotatable bonds is 6. The number of amides is 2. The Morgan fingerprint density at radius 2 is 1.68 bits per heavy atom. The number of benzene rings is 3. The van der Waals surface area contributed by atoms with E-state index in [1.54, 1.807) is 12.1 Å². The van der Waals surface area contributed by atoms with Crippen LogP contribution in [0.2, 0.25) is 0 Å². The first-order chi connectivity index (χ1) is 16.5. The summed E-state index contributed by atoms with van der Waals surface area (Å²) >= 11 is 0. The highest BCUT2D eigenvalue weighted by atomic mass is 16.6. The molecule has 2 amide bonds. The molecule has 1 aliphatic heterocycles. The largest absolute Gasteiger partial charge is 0.366 e. The molecule has 1 saturated carbocycles. The minimum absolute atomic E-state index is 0.0805. The predicted molar refractivity (Wildman–Crippen MR) is 129 cm³/mol. The van der Waals surface area contributed by atoms with Gasteiger partial charge in [-0.3, -0.25) is 19.7 Å². The molecule has 1 heterocycles. The number of nitrogens with one attached hydrogen (secondary N) is 2. The minimum Gasteiger partial charge on any atom is -0.366 e. The molecule has 0 saturated heterocycles. The lowest BCUT2D eigenvalue weighted by Gasteiger charge is -2.32. The summed E-state index contributed by atoms with van der Waals surface area (Å²) in [5.41, 5.74) is 4.64. The van der Waals surface area contributed by atoms with Crippen LogP contribution < -0.4 is 15.5 Å². The zero-order valence-electron chi connectivity index (χ0n) is 18.5. The van der Waals surface area contributed by atoms with Crippen LogP contribution in [0, 0.1) is 10.1 Å². The number of nitro benzene ring substituents is 1. The maximum atomic E-state index is 13.1. The van der Waals surface area contributed by atoms with E-state index in [9.17, 15) is 19.7 Å². The molecule has 1 aliphatic carbocycles. The molecule has 2 N–H and O–H groups in total. The lowest BCUT2D eigenvalue weighted by Crippen LogP contribution is -2.33. The fourth-order valence-corrected chi connectivity index (χ4v) is 4.20. The summed E-state index contributed by atoms with van der Waals surface area (Å²) in [6, 6.07) is 19.3. The van der Waals surface area contributed by atoms with Crippen molar-refractivity contribution in [3.63, 3.8) is 0 Å². The van der Waals surface area contributed by atoms with Crippen LogP contribution in [0.1, 0.15) is 44.7 Å². The summed E-state index contributed by atoms with van der Waals surface area (Å²) in [6.45, 7) is 1.52. The van der Waals surface area contributed by atoms with Crippen molar-refractivity contribution in [1.29, 1.82) is 0 Å². The van der Waals surface area contributed by atoms with Crippen molar-refractivity contribution >= 4 is 28.9 Å². The van der Waals surface area contributed by atoms with Gasteiger partial charge in [-0.1, -0.05) is 24.3 Å². The van der Waals surface area contributed by atoms with Gasteiger partial charge in [-0.2, -0.15) is 0 Å². The number of non-ortho nitro benzene ring substituents is 1. The number of nitrogens with zero attached hydrogens (tertiary/aromatic N) is 2. The van der Waals surface area contributed by atoms with Crippen LogP contribution in [0.5, 0.6) is 0 Å². The van der Waals surface area contributed by atoms with Crippen molar-refractivity contribution in [1.82, 2.24) is 5.32 Å². The fourth-order valence-electron chi connectivity index (χ4n) is 4.20. The van der Waals surface area contributed by atoms with E-state index < -0.39 is 10.8 Å². The maximum Gasteiger partial charge on any atom is 0.269 e. The van der Waals surface area contributed by atoms with Gasteiger partial charge in [-0.25, -0.2) is 0 Å². The molecule has 34 heavy (non-hydrogen) atoms. The molecule has 0 radical (unpaired) electrons. The Balaban J connectivity index is 1.40. The van der Waals surface area contributed by atoms with E-state index in [-0.39, 0.29) is 17.6 Å². The van der Waals surface area contributed by atoms with Crippen molar-refractivity contribution < 1.29 is 14.5 Å². The summed E-state index contributed by atoms with van der Waals surface area (Å²) in [6.07, 6.45) is 2.86. The molecule has 3 aromatic rings. The number of nitro groups is 1. The number of hydrogen-bond donors (Lipinski definition) is 2. The van der Waals surface area contributed by atoms with E-state index in [2.05, 4.69) is 27.7 Å². The second kappa shape index (κ2) is 8.97. The van der Waals surface area contributed by atoms with Crippen molar-refractivity contribution in [2.75, 3.05) is 16.8 Å². The molecule has 0 atom stereocenters. The second-order valence-electron chi connectivity index (χ2n) is 8.68. The molecule has 8 heteroatoms. The van der Waals surface area contributed by atoms with E-state index in [4.69, 9.17) is 0 Å². The average Bonchev–Trinajstić information content (AvgIpc) is 3.67. The predicted octanol–water partition coefficient (Wildman–Crippen LogP) is 4.30. The summed E-state index contributed by atoms with van der Waals surface area (Å²) in [4.78, 5) is 38.3. The third-order valence-electron chi connectivity index (χ3n) is 6.22. The Hall–Kier alpha value is -4.20. The summed E-state index contributed by atoms with van der Waals surface area (Å²) < 4.78 is 0. The Labute approximate surface area is 196 Å². The molecule has 172 valence electrons. The molecule has 0 aromatic heterocycles. The standard InChI is InChI=1S/C26H24N4O4/c31-25(18-5-10-22(11-6-18)30(33)34)28-21-9-12-24(23(15-21)26(32)27-20-7-8-20)29-14-13-17-3-1-2-4-19(17)16-29/h1-6,9-12,15,20H,7-8,13-14,16H2,(H,27,32)(H,28,31). The van der Waals surface area contributed by atoms with Gasteiger partial charge in [0.2, 0.25) is 0 Å². The van der Waals surface area contributed by atoms with Crippen molar-refractivity contribution in [2.24, 2.45) is 0 Å². The number of fused-ring (bicyclic) bond motifs is 1. The fraction of sp³-hybridized carbons (Fsp3) is 0.231. The van der Waals surface area contributed by atoms with Crippen LogP contribution in [0.4, 0.5) is 17.1 Å². The van der Waals surface area contributed by atoms with Crippen molar-refractivity contribution in [2.45, 2.75) is 31.8 Å². The quantitative estimate of drug-likeness (QED) is 0.425. The molecule has 3 aromatic carbocycles. The summed E-state index contributed by atoms with van der Waals surface area (Å²) in [5, 5.41) is 16.7. The number of anilines is 2. The highest BCUT2D eigenvalue weighted by Gasteiger charge is 2.27. The summed E-state index contributed by atoms with van der Waals surface area (Å²) in [7, 11) is 0. The van der Waals surface area contributed by atoms with E-state index in [0.29, 0.717) is 23.4 Å². The van der Waals surface area contributed by atoms with E-state index in [0.717, 1.165) is 31.5 Å². The van der Waals surface area contributed by atoms with Crippen LogP contribution in [-0.4, -0.2) is 29.3 Å². The van der Waals surface area contributed by atoms with Crippen LogP contribution in [0.25, 0.3) is 0 Å². The zero-order chi connectivity index (χ0) is 23.7. The van der Waals surface area contributed by atoms with Gasteiger partial charge in [0.25, 0.3) is 17.5 Å². The van der Waals surface area contributed by atoms with Crippen LogP contribution in [0.15, 0.2) is 66.7 Å². The van der Waals surface area contributed by atoms with Gasteiger partial charge in [0.05, 0.1) is 10.5 Å². The molecular formula is C26H24N4O4. The van der Waals surface area contributed by atoms with Gasteiger partial charge < -0.3 is 15.5 Å². The van der Waals surface area contributed by atoms with Crippen LogP contribution >= 0.6 is 0 Å². The molecule has 2 aliphatic rings. The first-order valence-corrected chi connectivity index (χ1v) is 11.3. The van der Waals surface area contributed by atoms with Crippen molar-refractivity contribution in [3.8, 4) is 0 Å². The lowest BCUT2D eigenvalue weighted by atomic mass is 9.98. The first kappa shape index (κ1) is 21.6. The SMILES string of the molecule is O=C(Nc1ccc(N2CCc3ccccc3C2)c(C(=O)NC2CC2)c1)c1ccc([N+](=O)[O-])cc1. The highest BCUT2D eigenvalue weighted by Crippen LogP contribution is 2.31. The van der Waals surface area contributed by atoms with Crippen LogP contribution in [-0.2, 0) is 13.0 Å². The molecule has 8 nitrogen and oxygen atoms in total. The van der Waals surface area contributed by atoms with E-state index in [1.165, 1.54) is 35.4 Å².